The van der Waals surface area contributed by atoms with Gasteiger partial charge in [0.2, 0.25) is 0 Å². The molecule has 0 aliphatic rings. The predicted octanol–water partition coefficient (Wildman–Crippen LogP) is 2.65. The largest absolute Gasteiger partial charge is 0.487 e. The minimum atomic E-state index is 0.815. The average molecular weight is 260 g/mol. The van der Waals surface area contributed by atoms with Gasteiger partial charge in [-0.05, 0) is 17.4 Å². The van der Waals surface area contributed by atoms with Gasteiger partial charge in [0.15, 0.2) is 5.06 Å². The molecular formula is C12H12N4OS. The summed E-state index contributed by atoms with van der Waals surface area (Å²) in [5, 5.41) is 10.7. The molecule has 0 amide bonds. The van der Waals surface area contributed by atoms with Gasteiger partial charge in [-0.3, -0.25) is 0 Å². The van der Waals surface area contributed by atoms with Crippen molar-refractivity contribution in [3.63, 3.8) is 0 Å². The Bertz CT molecular complexity index is 634. The Kier molecular flexibility index (Phi) is 2.71. The van der Waals surface area contributed by atoms with Crippen LogP contribution in [0, 0.1) is 0 Å². The summed E-state index contributed by atoms with van der Waals surface area (Å²) < 4.78 is 5.41. The molecular weight excluding hydrogens is 248 g/mol. The summed E-state index contributed by atoms with van der Waals surface area (Å²) in [5.41, 5.74) is 3.98. The van der Waals surface area contributed by atoms with E-state index in [0.717, 1.165) is 33.9 Å². The molecule has 18 heavy (non-hydrogen) atoms. The fraction of sp³-hybridized carbons (Fsp3) is 0.250. The number of aromatic amines is 1. The summed E-state index contributed by atoms with van der Waals surface area (Å²) in [6.07, 6.45) is 4.28. The summed E-state index contributed by atoms with van der Waals surface area (Å²) in [7, 11) is 1.68. The SMILES string of the molecule is CCc1csc(OC)c1-c1nc2cnncc2[nH]1. The van der Waals surface area contributed by atoms with E-state index in [9.17, 15) is 0 Å². The molecule has 0 saturated carbocycles. The van der Waals surface area contributed by atoms with Crippen LogP contribution < -0.4 is 4.74 Å². The molecule has 92 valence electrons. The number of hydrogen-bond acceptors (Lipinski definition) is 5. The van der Waals surface area contributed by atoms with Gasteiger partial charge in [0.1, 0.15) is 11.3 Å². The number of aromatic nitrogens is 4. The Morgan fingerprint density at radius 3 is 2.89 bits per heavy atom. The first-order chi connectivity index (χ1) is 8.83. The lowest BCUT2D eigenvalue weighted by Crippen LogP contribution is -1.88. The Balaban J connectivity index is 2.21. The van der Waals surface area contributed by atoms with Crippen LogP contribution in [0.15, 0.2) is 17.8 Å². The number of hydrogen-bond donors (Lipinski definition) is 1. The number of thiophene rings is 1. The van der Waals surface area contributed by atoms with Crippen molar-refractivity contribution in [1.29, 1.82) is 0 Å². The molecule has 0 aliphatic heterocycles. The smallest absolute Gasteiger partial charge is 0.184 e. The summed E-state index contributed by atoms with van der Waals surface area (Å²) in [4.78, 5) is 7.80. The minimum Gasteiger partial charge on any atom is -0.487 e. The van der Waals surface area contributed by atoms with Crippen molar-refractivity contribution < 1.29 is 4.74 Å². The topological polar surface area (TPSA) is 63.7 Å². The van der Waals surface area contributed by atoms with Crippen molar-refractivity contribution >= 4 is 22.4 Å². The first kappa shape index (κ1) is 11.2. The van der Waals surface area contributed by atoms with Crippen molar-refractivity contribution in [3.8, 4) is 16.5 Å². The van der Waals surface area contributed by atoms with Gasteiger partial charge in [0, 0.05) is 0 Å². The molecule has 1 N–H and O–H groups in total. The molecule has 0 aliphatic carbocycles. The molecule has 3 rings (SSSR count). The third-order valence-electron chi connectivity index (χ3n) is 2.83. The zero-order valence-corrected chi connectivity index (χ0v) is 10.9. The first-order valence-electron chi connectivity index (χ1n) is 5.64. The Labute approximate surface area is 108 Å². The number of nitrogens with one attached hydrogen (secondary N) is 1. The normalized spacial score (nSPS) is 11.0. The maximum absolute atomic E-state index is 5.41. The number of fused-ring (bicyclic) bond motifs is 1. The van der Waals surface area contributed by atoms with Gasteiger partial charge in [-0.15, -0.1) is 11.3 Å². The van der Waals surface area contributed by atoms with E-state index < -0.39 is 0 Å². The molecule has 0 spiro atoms. The summed E-state index contributed by atoms with van der Waals surface area (Å²) in [6, 6.07) is 0. The van der Waals surface area contributed by atoms with Crippen molar-refractivity contribution in [1.82, 2.24) is 20.2 Å². The van der Waals surface area contributed by atoms with E-state index in [1.54, 1.807) is 30.8 Å². The minimum absolute atomic E-state index is 0.815. The summed E-state index contributed by atoms with van der Waals surface area (Å²) >= 11 is 1.59. The van der Waals surface area contributed by atoms with Crippen LogP contribution in [0.2, 0.25) is 0 Å². The van der Waals surface area contributed by atoms with E-state index in [2.05, 4.69) is 32.5 Å². The monoisotopic (exact) mass is 260 g/mol. The molecule has 3 aromatic heterocycles. The maximum atomic E-state index is 5.41. The van der Waals surface area contributed by atoms with Crippen LogP contribution in [-0.2, 0) is 6.42 Å². The highest BCUT2D eigenvalue weighted by atomic mass is 32.1. The molecule has 6 heteroatoms. The standard InChI is InChI=1S/C12H12N4OS/c1-3-7-6-18-12(17-2)10(7)11-15-8-4-13-14-5-9(8)16-11/h4-6H,3H2,1-2H3,(H,15,16). The predicted molar refractivity (Wildman–Crippen MR) is 70.9 cm³/mol. The van der Waals surface area contributed by atoms with Gasteiger partial charge >= 0.3 is 0 Å². The Hall–Kier alpha value is -1.95. The Morgan fingerprint density at radius 2 is 2.17 bits per heavy atom. The second-order valence-electron chi connectivity index (χ2n) is 3.85. The molecule has 0 unspecified atom stereocenters. The zero-order chi connectivity index (χ0) is 12.5. The van der Waals surface area contributed by atoms with E-state index in [1.807, 2.05) is 0 Å². The van der Waals surface area contributed by atoms with Crippen LogP contribution in [-0.4, -0.2) is 27.3 Å². The lowest BCUT2D eigenvalue weighted by atomic mass is 10.1. The molecule has 0 radical (unpaired) electrons. The number of aryl methyl sites for hydroxylation is 1. The number of ether oxygens (including phenoxy) is 1. The highest BCUT2D eigenvalue weighted by molar-refractivity contribution is 7.12. The molecule has 0 aromatic carbocycles. The van der Waals surface area contributed by atoms with Gasteiger partial charge in [-0.25, -0.2) is 4.98 Å². The molecule has 3 aromatic rings. The van der Waals surface area contributed by atoms with Crippen LogP contribution in [0.3, 0.4) is 0 Å². The van der Waals surface area contributed by atoms with Crippen LogP contribution in [0.25, 0.3) is 22.4 Å². The summed E-state index contributed by atoms with van der Waals surface area (Å²) in [6.45, 7) is 2.12. The van der Waals surface area contributed by atoms with Crippen LogP contribution >= 0.6 is 11.3 Å². The van der Waals surface area contributed by atoms with Crippen molar-refractivity contribution in [2.45, 2.75) is 13.3 Å². The molecule has 0 atom stereocenters. The van der Waals surface area contributed by atoms with E-state index >= 15 is 0 Å². The molecule has 0 fully saturated rings. The number of nitrogens with zero attached hydrogens (tertiary/aromatic N) is 3. The summed E-state index contributed by atoms with van der Waals surface area (Å²) in [5.74, 6) is 0.815. The zero-order valence-electron chi connectivity index (χ0n) is 10.1. The third-order valence-corrected chi connectivity index (χ3v) is 3.82. The Morgan fingerprint density at radius 1 is 1.33 bits per heavy atom. The second kappa shape index (κ2) is 4.38. The maximum Gasteiger partial charge on any atom is 0.184 e. The van der Waals surface area contributed by atoms with E-state index in [4.69, 9.17) is 4.74 Å². The van der Waals surface area contributed by atoms with Crippen molar-refractivity contribution in [3.05, 3.63) is 23.3 Å². The first-order valence-corrected chi connectivity index (χ1v) is 6.52. The lowest BCUT2D eigenvalue weighted by Gasteiger charge is -2.01. The fourth-order valence-corrected chi connectivity index (χ4v) is 2.90. The lowest BCUT2D eigenvalue weighted by molar-refractivity contribution is 0.428. The van der Waals surface area contributed by atoms with Crippen LogP contribution in [0.1, 0.15) is 12.5 Å². The van der Waals surface area contributed by atoms with Crippen molar-refractivity contribution in [2.75, 3.05) is 7.11 Å². The average Bonchev–Trinajstić information content (AvgIpc) is 3.00. The molecule has 0 bridgehead atoms. The van der Waals surface area contributed by atoms with Gasteiger partial charge in [0.25, 0.3) is 0 Å². The third kappa shape index (κ3) is 1.65. The van der Waals surface area contributed by atoms with Crippen LogP contribution in [0.5, 0.6) is 5.06 Å². The van der Waals surface area contributed by atoms with Gasteiger partial charge in [0.05, 0.1) is 30.6 Å². The molecule has 0 saturated heterocycles. The highest BCUT2D eigenvalue weighted by Crippen LogP contribution is 2.38. The number of H-pyrrole nitrogens is 1. The molecule has 3 heterocycles. The number of rotatable bonds is 3. The van der Waals surface area contributed by atoms with E-state index in [-0.39, 0.29) is 0 Å². The molecule has 5 nitrogen and oxygen atoms in total. The van der Waals surface area contributed by atoms with Gasteiger partial charge in [-0.2, -0.15) is 10.2 Å². The van der Waals surface area contributed by atoms with E-state index in [0.29, 0.717) is 0 Å². The van der Waals surface area contributed by atoms with E-state index in [1.165, 1.54) is 5.56 Å². The fourth-order valence-electron chi connectivity index (χ4n) is 1.93. The number of imidazole rings is 1. The van der Waals surface area contributed by atoms with Crippen LogP contribution in [0.4, 0.5) is 0 Å². The van der Waals surface area contributed by atoms with Crippen molar-refractivity contribution in [2.24, 2.45) is 0 Å². The number of methoxy groups -OCH3 is 1. The highest BCUT2D eigenvalue weighted by Gasteiger charge is 2.16. The second-order valence-corrected chi connectivity index (χ2v) is 4.70. The quantitative estimate of drug-likeness (QED) is 0.786. The van der Waals surface area contributed by atoms with Gasteiger partial charge < -0.3 is 9.72 Å². The van der Waals surface area contributed by atoms with Gasteiger partial charge in [-0.1, -0.05) is 6.92 Å².